The zero-order valence-electron chi connectivity index (χ0n) is 10.8. The van der Waals surface area contributed by atoms with Gasteiger partial charge in [-0.3, -0.25) is 4.98 Å². The topological polar surface area (TPSA) is 58.5 Å². The van der Waals surface area contributed by atoms with Crippen molar-refractivity contribution < 1.29 is 4.74 Å². The summed E-state index contributed by atoms with van der Waals surface area (Å²) in [7, 11) is 0. The molecule has 1 aromatic rings. The second-order valence-corrected chi connectivity index (χ2v) is 3.33. The number of hydrogen-bond acceptors (Lipinski definition) is 3. The van der Waals surface area contributed by atoms with Crippen molar-refractivity contribution in [2.75, 3.05) is 26.2 Å². The van der Waals surface area contributed by atoms with E-state index in [2.05, 4.69) is 20.6 Å². The van der Waals surface area contributed by atoms with Crippen molar-refractivity contribution in [2.45, 2.75) is 13.8 Å². The van der Waals surface area contributed by atoms with Crippen LogP contribution in [0.1, 0.15) is 13.8 Å². The van der Waals surface area contributed by atoms with Crippen molar-refractivity contribution >= 4 is 29.9 Å². The molecule has 1 rings (SSSR count). The molecule has 0 radical (unpaired) electrons. The second kappa shape index (κ2) is 11.1. The van der Waals surface area contributed by atoms with Gasteiger partial charge in [0.15, 0.2) is 5.96 Å². The van der Waals surface area contributed by atoms with Crippen LogP contribution in [0.25, 0.3) is 0 Å². The lowest BCUT2D eigenvalue weighted by Crippen LogP contribution is -2.37. The van der Waals surface area contributed by atoms with E-state index in [9.17, 15) is 0 Å². The summed E-state index contributed by atoms with van der Waals surface area (Å²) in [6.45, 7) is 6.96. The van der Waals surface area contributed by atoms with Crippen LogP contribution in [0.2, 0.25) is 0 Å². The van der Waals surface area contributed by atoms with Gasteiger partial charge in [0, 0.05) is 19.3 Å². The van der Waals surface area contributed by atoms with E-state index >= 15 is 0 Å². The minimum atomic E-state index is 0. The van der Waals surface area contributed by atoms with Crippen LogP contribution in [0.4, 0.5) is 0 Å². The minimum Gasteiger partial charge on any atom is -0.490 e. The summed E-state index contributed by atoms with van der Waals surface area (Å²) < 4.78 is 5.49. The summed E-state index contributed by atoms with van der Waals surface area (Å²) in [5.41, 5.74) is 0. The molecule has 0 aliphatic heterocycles. The maximum Gasteiger partial charge on any atom is 0.191 e. The van der Waals surface area contributed by atoms with E-state index in [-0.39, 0.29) is 24.0 Å². The Morgan fingerprint density at radius 2 is 2.06 bits per heavy atom. The Morgan fingerprint density at radius 3 is 2.61 bits per heavy atom. The van der Waals surface area contributed by atoms with Crippen molar-refractivity contribution in [1.29, 1.82) is 0 Å². The highest BCUT2D eigenvalue weighted by Gasteiger charge is 1.94. The maximum absolute atomic E-state index is 5.49. The molecule has 1 aromatic heterocycles. The monoisotopic (exact) mass is 364 g/mol. The smallest absolute Gasteiger partial charge is 0.191 e. The van der Waals surface area contributed by atoms with Gasteiger partial charge in [-0.15, -0.1) is 24.0 Å². The Kier molecular flexibility index (Phi) is 10.4. The van der Waals surface area contributed by atoms with E-state index in [1.807, 2.05) is 26.0 Å². The van der Waals surface area contributed by atoms with Crippen molar-refractivity contribution in [3.63, 3.8) is 0 Å². The molecule has 0 unspecified atom stereocenters. The van der Waals surface area contributed by atoms with Gasteiger partial charge in [-0.2, -0.15) is 0 Å². The molecule has 0 atom stereocenters. The van der Waals surface area contributed by atoms with Gasteiger partial charge < -0.3 is 15.4 Å². The summed E-state index contributed by atoms with van der Waals surface area (Å²) in [5, 5.41) is 6.31. The molecule has 0 saturated heterocycles. The maximum atomic E-state index is 5.49. The second-order valence-electron chi connectivity index (χ2n) is 3.33. The molecular weight excluding hydrogens is 343 g/mol. The number of halogens is 1. The fourth-order valence-corrected chi connectivity index (χ4v) is 1.26. The van der Waals surface area contributed by atoms with Crippen molar-refractivity contribution in [3.05, 3.63) is 24.5 Å². The SMILES string of the molecule is CCNC(=NCCOc1cccnc1)NCC.I. The Balaban J connectivity index is 0.00000289. The summed E-state index contributed by atoms with van der Waals surface area (Å²) in [6.07, 6.45) is 3.42. The van der Waals surface area contributed by atoms with E-state index in [1.54, 1.807) is 12.4 Å². The van der Waals surface area contributed by atoms with Crippen LogP contribution in [0, 0.1) is 0 Å². The van der Waals surface area contributed by atoms with Gasteiger partial charge in [0.1, 0.15) is 12.4 Å². The predicted octanol–water partition coefficient (Wildman–Crippen LogP) is 1.65. The molecule has 0 bridgehead atoms. The molecule has 0 fully saturated rings. The molecule has 6 heteroatoms. The van der Waals surface area contributed by atoms with Crippen molar-refractivity contribution in [1.82, 2.24) is 15.6 Å². The number of rotatable bonds is 6. The Hall–Kier alpha value is -1.05. The molecule has 18 heavy (non-hydrogen) atoms. The zero-order valence-corrected chi connectivity index (χ0v) is 13.2. The van der Waals surface area contributed by atoms with Crippen LogP contribution < -0.4 is 15.4 Å². The average molecular weight is 364 g/mol. The third-order valence-corrected chi connectivity index (χ3v) is 1.95. The number of guanidine groups is 1. The molecule has 102 valence electrons. The van der Waals surface area contributed by atoms with Crippen LogP contribution in [-0.4, -0.2) is 37.2 Å². The summed E-state index contributed by atoms with van der Waals surface area (Å²) in [6, 6.07) is 3.73. The highest BCUT2D eigenvalue weighted by Crippen LogP contribution is 2.05. The molecule has 0 aliphatic rings. The third-order valence-electron chi connectivity index (χ3n) is 1.95. The zero-order chi connectivity index (χ0) is 12.3. The summed E-state index contributed by atoms with van der Waals surface area (Å²) >= 11 is 0. The number of nitrogens with one attached hydrogen (secondary N) is 2. The Bertz CT molecular complexity index is 324. The van der Waals surface area contributed by atoms with Gasteiger partial charge in [0.05, 0.1) is 12.7 Å². The first-order chi connectivity index (χ1) is 8.36. The van der Waals surface area contributed by atoms with Crippen LogP contribution in [0.3, 0.4) is 0 Å². The lowest BCUT2D eigenvalue weighted by molar-refractivity contribution is 0.327. The molecule has 5 nitrogen and oxygen atoms in total. The molecule has 1 heterocycles. The molecule has 0 amide bonds. The van der Waals surface area contributed by atoms with Crippen LogP contribution >= 0.6 is 24.0 Å². The predicted molar refractivity (Wildman–Crippen MR) is 84.8 cm³/mol. The molecule has 0 saturated carbocycles. The fraction of sp³-hybridized carbons (Fsp3) is 0.500. The van der Waals surface area contributed by atoms with E-state index in [1.165, 1.54) is 0 Å². The number of nitrogens with zero attached hydrogens (tertiary/aromatic N) is 2. The van der Waals surface area contributed by atoms with Gasteiger partial charge in [-0.1, -0.05) is 0 Å². The van der Waals surface area contributed by atoms with E-state index in [0.717, 1.165) is 24.8 Å². The first kappa shape index (κ1) is 16.9. The van der Waals surface area contributed by atoms with Crippen LogP contribution in [0.15, 0.2) is 29.5 Å². The van der Waals surface area contributed by atoms with Gasteiger partial charge in [0.2, 0.25) is 0 Å². The first-order valence-corrected chi connectivity index (χ1v) is 5.91. The van der Waals surface area contributed by atoms with Crippen molar-refractivity contribution in [3.8, 4) is 5.75 Å². The summed E-state index contributed by atoms with van der Waals surface area (Å²) in [4.78, 5) is 8.34. The first-order valence-electron chi connectivity index (χ1n) is 5.91. The quantitative estimate of drug-likeness (QED) is 0.349. The number of ether oxygens (including phenoxy) is 1. The largest absolute Gasteiger partial charge is 0.490 e. The van der Waals surface area contributed by atoms with Crippen LogP contribution in [0.5, 0.6) is 5.75 Å². The fourth-order valence-electron chi connectivity index (χ4n) is 1.26. The van der Waals surface area contributed by atoms with Gasteiger partial charge in [-0.05, 0) is 26.0 Å². The van der Waals surface area contributed by atoms with Gasteiger partial charge in [-0.25, -0.2) is 4.99 Å². The third kappa shape index (κ3) is 7.31. The number of aliphatic imine (C=N–C) groups is 1. The molecule has 0 spiro atoms. The Morgan fingerprint density at radius 1 is 1.33 bits per heavy atom. The van der Waals surface area contributed by atoms with Gasteiger partial charge >= 0.3 is 0 Å². The van der Waals surface area contributed by atoms with E-state index < -0.39 is 0 Å². The highest BCUT2D eigenvalue weighted by atomic mass is 127. The Labute approximate surface area is 125 Å². The number of aromatic nitrogens is 1. The lowest BCUT2D eigenvalue weighted by Gasteiger charge is -2.09. The molecule has 0 aliphatic carbocycles. The molecular formula is C12H21IN4O. The van der Waals surface area contributed by atoms with E-state index in [4.69, 9.17) is 4.74 Å². The average Bonchev–Trinajstić information content (AvgIpc) is 2.36. The van der Waals surface area contributed by atoms with E-state index in [0.29, 0.717) is 13.2 Å². The minimum absolute atomic E-state index is 0. The summed E-state index contributed by atoms with van der Waals surface area (Å²) in [5.74, 6) is 1.60. The molecule has 0 aromatic carbocycles. The van der Waals surface area contributed by atoms with Crippen LogP contribution in [-0.2, 0) is 0 Å². The lowest BCUT2D eigenvalue weighted by atomic mass is 10.5. The number of hydrogen-bond donors (Lipinski definition) is 2. The van der Waals surface area contributed by atoms with Gasteiger partial charge in [0.25, 0.3) is 0 Å². The highest BCUT2D eigenvalue weighted by molar-refractivity contribution is 14.0. The normalized spacial score (nSPS) is 9.00. The number of pyridine rings is 1. The van der Waals surface area contributed by atoms with Crippen molar-refractivity contribution in [2.24, 2.45) is 4.99 Å². The molecule has 2 N–H and O–H groups in total. The standard InChI is InChI=1S/C12H20N4O.HI/c1-3-14-12(15-4-2)16-8-9-17-11-6-5-7-13-10-11;/h5-7,10H,3-4,8-9H2,1-2H3,(H2,14,15,16);1H.